The maximum absolute atomic E-state index is 11.7. The van der Waals surface area contributed by atoms with E-state index < -0.39 is 6.10 Å². The van der Waals surface area contributed by atoms with Crippen LogP contribution < -0.4 is 5.56 Å². The molecular formula is C11H14N2O3. The molecule has 1 fully saturated rings. The van der Waals surface area contributed by atoms with Gasteiger partial charge >= 0.3 is 0 Å². The van der Waals surface area contributed by atoms with E-state index in [1.807, 2.05) is 0 Å². The fraction of sp³-hybridized carbons (Fsp3) is 0.455. The van der Waals surface area contributed by atoms with Gasteiger partial charge in [-0.05, 0) is 13.0 Å². The molecule has 1 amide bonds. The molecule has 0 bridgehead atoms. The molecule has 0 unspecified atom stereocenters. The Balaban J connectivity index is 2.07. The summed E-state index contributed by atoms with van der Waals surface area (Å²) in [5, 5.41) is 9.07. The summed E-state index contributed by atoms with van der Waals surface area (Å²) in [6.45, 7) is 2.52. The fourth-order valence-electron chi connectivity index (χ4n) is 1.69. The molecule has 1 N–H and O–H groups in total. The van der Waals surface area contributed by atoms with Crippen molar-refractivity contribution in [2.24, 2.45) is 0 Å². The second kappa shape index (κ2) is 4.09. The van der Waals surface area contributed by atoms with Gasteiger partial charge in [-0.15, -0.1) is 0 Å². The normalized spacial score (nSPS) is 16.0. The Hall–Kier alpha value is -1.62. The van der Waals surface area contributed by atoms with Crippen molar-refractivity contribution in [1.29, 1.82) is 0 Å². The topological polar surface area (TPSA) is 62.5 Å². The number of carbonyl (C=O) groups is 1. The molecule has 0 aliphatic carbocycles. The van der Waals surface area contributed by atoms with Crippen LogP contribution in [0, 0.1) is 6.92 Å². The number of carbonyl (C=O) groups excluding carboxylic acids is 1. The Kier molecular flexibility index (Phi) is 2.78. The zero-order chi connectivity index (χ0) is 11.7. The van der Waals surface area contributed by atoms with E-state index in [2.05, 4.69) is 0 Å². The second-order valence-electron chi connectivity index (χ2n) is 4.08. The fourth-order valence-corrected chi connectivity index (χ4v) is 1.69. The largest absolute Gasteiger partial charge is 0.389 e. The molecule has 5 nitrogen and oxygen atoms in total. The Morgan fingerprint density at radius 3 is 2.88 bits per heavy atom. The number of pyridine rings is 1. The van der Waals surface area contributed by atoms with E-state index >= 15 is 0 Å². The van der Waals surface area contributed by atoms with Crippen LogP contribution in [0.5, 0.6) is 0 Å². The molecule has 2 heterocycles. The lowest BCUT2D eigenvalue weighted by atomic mass is 10.2. The third-order valence-electron chi connectivity index (χ3n) is 2.73. The third kappa shape index (κ3) is 1.99. The average Bonchev–Trinajstić information content (AvgIpc) is 2.20. The van der Waals surface area contributed by atoms with Crippen LogP contribution in [0.2, 0.25) is 0 Å². The Morgan fingerprint density at radius 2 is 2.25 bits per heavy atom. The maximum Gasteiger partial charge on any atom is 0.253 e. The molecular weight excluding hydrogens is 208 g/mol. The van der Waals surface area contributed by atoms with Gasteiger partial charge in [0, 0.05) is 24.8 Å². The summed E-state index contributed by atoms with van der Waals surface area (Å²) < 4.78 is 1.39. The van der Waals surface area contributed by atoms with Crippen molar-refractivity contribution < 1.29 is 9.90 Å². The van der Waals surface area contributed by atoms with E-state index in [0.29, 0.717) is 18.7 Å². The van der Waals surface area contributed by atoms with Crippen molar-refractivity contribution in [3.05, 3.63) is 34.2 Å². The summed E-state index contributed by atoms with van der Waals surface area (Å²) in [5.41, 5.74) is 0.482. The van der Waals surface area contributed by atoms with Crippen molar-refractivity contribution in [2.45, 2.75) is 19.6 Å². The molecule has 16 heavy (non-hydrogen) atoms. The lowest BCUT2D eigenvalue weighted by molar-refractivity contribution is -0.141. The minimum absolute atomic E-state index is 0.0488. The highest BCUT2D eigenvalue weighted by molar-refractivity contribution is 5.76. The molecule has 1 aromatic heterocycles. The number of β-amino-alcohol motifs (C(OH)–C–C–N with tert-alkyl or cyclic N) is 1. The van der Waals surface area contributed by atoms with Crippen LogP contribution in [0.4, 0.5) is 0 Å². The molecule has 0 aromatic carbocycles. The van der Waals surface area contributed by atoms with E-state index in [9.17, 15) is 9.59 Å². The van der Waals surface area contributed by atoms with Crippen LogP contribution in [0.1, 0.15) is 5.56 Å². The summed E-state index contributed by atoms with van der Waals surface area (Å²) in [4.78, 5) is 24.8. The van der Waals surface area contributed by atoms with Crippen LogP contribution in [-0.2, 0) is 11.3 Å². The molecule has 0 saturated carbocycles. The van der Waals surface area contributed by atoms with E-state index in [0.717, 1.165) is 0 Å². The SMILES string of the molecule is Cc1cccn(CC(=O)N2CC(O)C2)c1=O. The zero-order valence-electron chi connectivity index (χ0n) is 9.09. The smallest absolute Gasteiger partial charge is 0.253 e. The summed E-state index contributed by atoms with van der Waals surface area (Å²) in [6.07, 6.45) is 1.20. The first-order chi connectivity index (χ1) is 7.58. The van der Waals surface area contributed by atoms with Crippen LogP contribution in [0.3, 0.4) is 0 Å². The number of aliphatic hydroxyl groups excluding tert-OH is 1. The van der Waals surface area contributed by atoms with Gasteiger partial charge in [0.1, 0.15) is 6.54 Å². The zero-order valence-corrected chi connectivity index (χ0v) is 9.09. The first-order valence-electron chi connectivity index (χ1n) is 5.20. The molecule has 1 aromatic rings. The van der Waals surface area contributed by atoms with Crippen LogP contribution in [0.25, 0.3) is 0 Å². The van der Waals surface area contributed by atoms with Gasteiger partial charge < -0.3 is 14.6 Å². The summed E-state index contributed by atoms with van der Waals surface area (Å²) in [5.74, 6) is -0.127. The van der Waals surface area contributed by atoms with Crippen LogP contribution >= 0.6 is 0 Å². The van der Waals surface area contributed by atoms with E-state index in [-0.39, 0.29) is 18.0 Å². The highest BCUT2D eigenvalue weighted by Crippen LogP contribution is 2.07. The van der Waals surface area contributed by atoms with Gasteiger partial charge in [0.2, 0.25) is 5.91 Å². The van der Waals surface area contributed by atoms with Gasteiger partial charge in [-0.3, -0.25) is 9.59 Å². The predicted molar refractivity (Wildman–Crippen MR) is 58.0 cm³/mol. The van der Waals surface area contributed by atoms with Gasteiger partial charge in [-0.2, -0.15) is 0 Å². The molecule has 1 saturated heterocycles. The van der Waals surface area contributed by atoms with Gasteiger partial charge in [-0.25, -0.2) is 0 Å². The highest BCUT2D eigenvalue weighted by Gasteiger charge is 2.28. The highest BCUT2D eigenvalue weighted by atomic mass is 16.3. The van der Waals surface area contributed by atoms with Crippen molar-refractivity contribution in [1.82, 2.24) is 9.47 Å². The van der Waals surface area contributed by atoms with Crippen LogP contribution in [-0.4, -0.2) is 39.7 Å². The van der Waals surface area contributed by atoms with Crippen molar-refractivity contribution in [3.63, 3.8) is 0 Å². The molecule has 86 valence electrons. The van der Waals surface area contributed by atoms with Crippen LogP contribution in [0.15, 0.2) is 23.1 Å². The number of nitrogens with zero attached hydrogens (tertiary/aromatic N) is 2. The summed E-state index contributed by atoms with van der Waals surface area (Å²) in [6, 6.07) is 3.46. The number of hydrogen-bond donors (Lipinski definition) is 1. The lowest BCUT2D eigenvalue weighted by Gasteiger charge is -2.35. The van der Waals surface area contributed by atoms with Gasteiger partial charge in [0.05, 0.1) is 6.10 Å². The van der Waals surface area contributed by atoms with Gasteiger partial charge in [0.15, 0.2) is 0 Å². The number of hydrogen-bond acceptors (Lipinski definition) is 3. The minimum atomic E-state index is -0.404. The lowest BCUT2D eigenvalue weighted by Crippen LogP contribution is -2.54. The van der Waals surface area contributed by atoms with Gasteiger partial charge in [-0.1, -0.05) is 6.07 Å². The first kappa shape index (κ1) is 10.9. The Labute approximate surface area is 92.9 Å². The molecule has 1 aliphatic heterocycles. The van der Waals surface area contributed by atoms with Crippen molar-refractivity contribution >= 4 is 5.91 Å². The molecule has 0 atom stereocenters. The third-order valence-corrected chi connectivity index (χ3v) is 2.73. The number of amides is 1. The minimum Gasteiger partial charge on any atom is -0.389 e. The van der Waals surface area contributed by atoms with Gasteiger partial charge in [0.25, 0.3) is 5.56 Å². The van der Waals surface area contributed by atoms with Crippen molar-refractivity contribution in [3.8, 4) is 0 Å². The second-order valence-corrected chi connectivity index (χ2v) is 4.08. The average molecular weight is 222 g/mol. The Morgan fingerprint density at radius 1 is 1.56 bits per heavy atom. The molecule has 2 rings (SSSR count). The van der Waals surface area contributed by atoms with Crippen molar-refractivity contribution in [2.75, 3.05) is 13.1 Å². The standard InChI is InChI=1S/C11H14N2O3/c1-8-3-2-4-12(11(8)16)7-10(15)13-5-9(14)6-13/h2-4,9,14H,5-7H2,1H3. The first-order valence-corrected chi connectivity index (χ1v) is 5.20. The number of aliphatic hydroxyl groups is 1. The van der Waals surface area contributed by atoms with E-state index in [1.165, 1.54) is 4.57 Å². The number of aryl methyl sites for hydroxylation is 1. The quantitative estimate of drug-likeness (QED) is 0.724. The summed E-state index contributed by atoms with van der Waals surface area (Å²) >= 11 is 0. The monoisotopic (exact) mass is 222 g/mol. The Bertz CT molecular complexity index is 461. The molecule has 5 heteroatoms. The maximum atomic E-state index is 11.7. The molecule has 0 spiro atoms. The summed E-state index contributed by atoms with van der Waals surface area (Å²) in [7, 11) is 0. The molecule has 0 radical (unpaired) electrons. The number of rotatable bonds is 2. The predicted octanol–water partition coefficient (Wildman–Crippen LogP) is -0.640. The molecule has 1 aliphatic rings. The number of aromatic nitrogens is 1. The van der Waals surface area contributed by atoms with E-state index in [4.69, 9.17) is 5.11 Å². The van der Waals surface area contributed by atoms with E-state index in [1.54, 1.807) is 30.2 Å². The number of likely N-dealkylation sites (tertiary alicyclic amines) is 1.